The average Bonchev–Trinajstić information content (AvgIpc) is 3.24. The van der Waals surface area contributed by atoms with Crippen molar-refractivity contribution in [2.24, 2.45) is 9.98 Å². The molecule has 0 spiro atoms. The SMILES string of the molecule is CCCCCCCCCCCCCCCCCCN1c2ccccc2N=c2cc3c(cc21)=Nc1ccccc1N3CCCCCCCCCCCCCCCCCC. The van der Waals surface area contributed by atoms with Crippen molar-refractivity contribution < 1.29 is 0 Å². The van der Waals surface area contributed by atoms with E-state index in [0.717, 1.165) is 35.2 Å². The minimum absolute atomic E-state index is 1.02. The van der Waals surface area contributed by atoms with Crippen molar-refractivity contribution in [2.45, 2.75) is 219 Å². The molecule has 0 fully saturated rings. The van der Waals surface area contributed by atoms with Crippen LogP contribution in [0.25, 0.3) is 0 Å². The number of unbranched alkanes of at least 4 members (excludes halogenated alkanes) is 30. The molecule has 58 heavy (non-hydrogen) atoms. The standard InChI is InChI=1S/C54H84N4/c1-3-5-7-9-11-13-15-17-19-21-23-25-27-29-31-37-43-57-51-41-35-33-39-47(51)55-49-46-54-50(45-53(49)57)56-48-40-34-36-42-52(48)58(54)44-38-32-30-28-26-24-22-20-18-16-14-12-10-8-6-4-2/h33-36,39-42,45-46H,3-32,37-38,43-44H2,1-2H3. The number of fused-ring (bicyclic) bond motifs is 4. The van der Waals surface area contributed by atoms with Gasteiger partial charge in [-0.3, -0.25) is 0 Å². The Hall–Kier alpha value is -3.14. The van der Waals surface area contributed by atoms with E-state index in [9.17, 15) is 0 Å². The maximum Gasteiger partial charge on any atom is 0.0897 e. The van der Waals surface area contributed by atoms with Gasteiger partial charge in [0.2, 0.25) is 0 Å². The van der Waals surface area contributed by atoms with Gasteiger partial charge in [-0.2, -0.15) is 0 Å². The largest absolute Gasteiger partial charge is 0.338 e. The maximum atomic E-state index is 5.25. The summed E-state index contributed by atoms with van der Waals surface area (Å²) in [5.41, 5.74) is 7.06. The van der Waals surface area contributed by atoms with Gasteiger partial charge in [-0.25, -0.2) is 9.98 Å². The topological polar surface area (TPSA) is 31.2 Å². The Morgan fingerprint density at radius 1 is 0.310 bits per heavy atom. The Labute approximate surface area is 356 Å². The molecule has 2 heterocycles. The van der Waals surface area contributed by atoms with Gasteiger partial charge in [0.25, 0.3) is 0 Å². The summed E-state index contributed by atoms with van der Waals surface area (Å²) < 4.78 is 0. The number of nitrogens with zero attached hydrogens (tertiary/aromatic N) is 4. The van der Waals surface area contributed by atoms with Gasteiger partial charge in [-0.05, 0) is 49.2 Å². The van der Waals surface area contributed by atoms with Crippen LogP contribution in [0.15, 0.2) is 70.6 Å². The molecule has 4 heteroatoms. The second kappa shape index (κ2) is 28.3. The monoisotopic (exact) mass is 789 g/mol. The average molecular weight is 789 g/mol. The van der Waals surface area contributed by atoms with E-state index in [0.29, 0.717) is 0 Å². The van der Waals surface area contributed by atoms with Crippen LogP contribution >= 0.6 is 0 Å². The third kappa shape index (κ3) is 15.8. The van der Waals surface area contributed by atoms with E-state index in [1.165, 1.54) is 228 Å². The molecule has 0 unspecified atom stereocenters. The minimum atomic E-state index is 1.02. The van der Waals surface area contributed by atoms with Crippen molar-refractivity contribution in [2.75, 3.05) is 22.9 Å². The third-order valence-electron chi connectivity index (χ3n) is 13.0. The summed E-state index contributed by atoms with van der Waals surface area (Å²) in [5.74, 6) is 0. The molecule has 0 saturated carbocycles. The van der Waals surface area contributed by atoms with E-state index < -0.39 is 0 Å². The molecule has 2 aliphatic heterocycles. The molecule has 0 aliphatic carbocycles. The first-order chi connectivity index (χ1) is 28.8. The summed E-state index contributed by atoms with van der Waals surface area (Å²) >= 11 is 0. The zero-order chi connectivity index (χ0) is 40.3. The number of hydrogen-bond acceptors (Lipinski definition) is 4. The second-order valence-electron chi connectivity index (χ2n) is 17.9. The molecule has 0 amide bonds. The molecule has 2 aliphatic rings. The molecule has 0 saturated heterocycles. The highest BCUT2D eigenvalue weighted by Crippen LogP contribution is 2.39. The van der Waals surface area contributed by atoms with Crippen molar-refractivity contribution in [3.05, 3.63) is 71.4 Å². The molecule has 0 N–H and O–H groups in total. The van der Waals surface area contributed by atoms with Crippen LogP contribution in [-0.2, 0) is 0 Å². The molecule has 3 aromatic rings. The van der Waals surface area contributed by atoms with Crippen molar-refractivity contribution in [3.63, 3.8) is 0 Å². The zero-order valence-electron chi connectivity index (χ0n) is 37.6. The molecule has 3 aromatic carbocycles. The molecular formula is C54H84N4. The van der Waals surface area contributed by atoms with Crippen LogP contribution in [0.4, 0.5) is 34.1 Å². The molecule has 0 aromatic heterocycles. The highest BCUT2D eigenvalue weighted by atomic mass is 15.2. The Kier molecular flexibility index (Phi) is 22.5. The maximum absolute atomic E-state index is 5.25. The fraction of sp³-hybridized carbons (Fsp3) is 0.667. The third-order valence-corrected chi connectivity index (χ3v) is 13.0. The Morgan fingerprint density at radius 3 is 0.862 bits per heavy atom. The Balaban J connectivity index is 1.05. The molecule has 0 atom stereocenters. The van der Waals surface area contributed by atoms with Gasteiger partial charge in [0, 0.05) is 13.1 Å². The molecule has 320 valence electrons. The number of rotatable bonds is 34. The van der Waals surface area contributed by atoms with Gasteiger partial charge < -0.3 is 9.80 Å². The summed E-state index contributed by atoms with van der Waals surface area (Å²) in [5, 5.41) is 2.17. The van der Waals surface area contributed by atoms with E-state index in [2.05, 4.69) is 84.3 Å². The fourth-order valence-corrected chi connectivity index (χ4v) is 9.38. The fourth-order valence-electron chi connectivity index (χ4n) is 9.38. The first kappa shape index (κ1) is 45.9. The van der Waals surface area contributed by atoms with Crippen molar-refractivity contribution in [1.82, 2.24) is 0 Å². The highest BCUT2D eigenvalue weighted by molar-refractivity contribution is 5.81. The van der Waals surface area contributed by atoms with E-state index >= 15 is 0 Å². The minimum Gasteiger partial charge on any atom is -0.338 e. The van der Waals surface area contributed by atoms with E-state index in [1.807, 2.05) is 0 Å². The Morgan fingerprint density at radius 2 is 0.569 bits per heavy atom. The summed E-state index contributed by atoms with van der Waals surface area (Å²) in [6.45, 7) is 6.66. The number of benzene rings is 3. The van der Waals surface area contributed by atoms with Gasteiger partial charge in [0.15, 0.2) is 0 Å². The second-order valence-corrected chi connectivity index (χ2v) is 17.9. The van der Waals surface area contributed by atoms with Crippen LogP contribution < -0.4 is 20.5 Å². The van der Waals surface area contributed by atoms with Gasteiger partial charge in [-0.1, -0.05) is 231 Å². The van der Waals surface area contributed by atoms with E-state index in [1.54, 1.807) is 0 Å². The Bertz CT molecular complexity index is 1540. The summed E-state index contributed by atoms with van der Waals surface area (Å²) in [6, 6.07) is 22.2. The lowest BCUT2D eigenvalue weighted by molar-refractivity contribution is 0.530. The van der Waals surface area contributed by atoms with Crippen molar-refractivity contribution in [3.8, 4) is 0 Å². The van der Waals surface area contributed by atoms with Crippen molar-refractivity contribution >= 4 is 34.1 Å². The quantitative estimate of drug-likeness (QED) is 0.0564. The molecule has 0 radical (unpaired) electrons. The van der Waals surface area contributed by atoms with Gasteiger partial charge >= 0.3 is 0 Å². The molecular weight excluding hydrogens is 705 g/mol. The first-order valence-corrected chi connectivity index (χ1v) is 25.1. The normalized spacial score (nSPS) is 12.8. The van der Waals surface area contributed by atoms with Crippen LogP contribution in [0, 0.1) is 0 Å². The molecule has 5 rings (SSSR count). The van der Waals surface area contributed by atoms with Crippen LogP contribution in [0.5, 0.6) is 0 Å². The lowest BCUT2D eigenvalue weighted by atomic mass is 10.0. The highest BCUT2D eigenvalue weighted by Gasteiger charge is 2.24. The number of anilines is 4. The first-order valence-electron chi connectivity index (χ1n) is 25.1. The number of hydrogen-bond donors (Lipinski definition) is 0. The van der Waals surface area contributed by atoms with Gasteiger partial charge in [-0.15, -0.1) is 0 Å². The summed E-state index contributed by atoms with van der Waals surface area (Å²) in [6.07, 6.45) is 44.7. The lowest BCUT2D eigenvalue weighted by Crippen LogP contribution is -2.34. The van der Waals surface area contributed by atoms with E-state index in [-0.39, 0.29) is 0 Å². The van der Waals surface area contributed by atoms with Gasteiger partial charge in [0.1, 0.15) is 0 Å². The van der Waals surface area contributed by atoms with Crippen molar-refractivity contribution in [1.29, 1.82) is 0 Å². The summed E-state index contributed by atoms with van der Waals surface area (Å²) in [7, 11) is 0. The smallest absolute Gasteiger partial charge is 0.0897 e. The van der Waals surface area contributed by atoms with Crippen LogP contribution in [0.2, 0.25) is 0 Å². The lowest BCUT2D eigenvalue weighted by Gasteiger charge is -2.33. The van der Waals surface area contributed by atoms with Crippen LogP contribution in [-0.4, -0.2) is 13.1 Å². The van der Waals surface area contributed by atoms with Crippen LogP contribution in [0.1, 0.15) is 219 Å². The molecule has 4 nitrogen and oxygen atoms in total. The zero-order valence-corrected chi connectivity index (χ0v) is 37.6. The predicted molar refractivity (Wildman–Crippen MR) is 254 cm³/mol. The predicted octanol–water partition coefficient (Wildman–Crippen LogP) is 17.0. The number of para-hydroxylation sites is 4. The van der Waals surface area contributed by atoms with Gasteiger partial charge in [0.05, 0.1) is 44.8 Å². The van der Waals surface area contributed by atoms with Crippen LogP contribution in [0.3, 0.4) is 0 Å². The molecule has 0 bridgehead atoms. The summed E-state index contributed by atoms with van der Waals surface area (Å²) in [4.78, 5) is 15.6. The van der Waals surface area contributed by atoms with E-state index in [4.69, 9.17) is 9.98 Å².